The van der Waals surface area contributed by atoms with E-state index >= 15 is 0 Å². The Morgan fingerprint density at radius 1 is 1.64 bits per heavy atom. The van der Waals surface area contributed by atoms with E-state index in [1.807, 2.05) is 11.8 Å². The molecule has 0 aromatic heterocycles. The van der Waals surface area contributed by atoms with E-state index in [9.17, 15) is 0 Å². The van der Waals surface area contributed by atoms with E-state index < -0.39 is 0 Å². The summed E-state index contributed by atoms with van der Waals surface area (Å²) >= 11 is 2.00. The van der Waals surface area contributed by atoms with Crippen LogP contribution in [-0.4, -0.2) is 16.3 Å². The summed E-state index contributed by atoms with van der Waals surface area (Å²) in [5.41, 5.74) is 1.32. The fourth-order valence-electron chi connectivity index (χ4n) is 1.11. The van der Waals surface area contributed by atoms with E-state index in [0.29, 0.717) is 10.6 Å². The summed E-state index contributed by atoms with van der Waals surface area (Å²) in [5, 5.41) is 1.18. The summed E-state index contributed by atoms with van der Waals surface area (Å²) in [4.78, 5) is 4.62. The van der Waals surface area contributed by atoms with Crippen molar-refractivity contribution < 1.29 is 0 Å². The zero-order valence-corrected chi connectivity index (χ0v) is 8.61. The Morgan fingerprint density at radius 3 is 2.64 bits per heavy atom. The van der Waals surface area contributed by atoms with E-state index in [-0.39, 0.29) is 0 Å². The fraction of sp³-hybridized carbons (Fsp3) is 0.889. The molecule has 0 fully saturated rings. The lowest BCUT2D eigenvalue weighted by atomic mass is 10.1. The second-order valence-electron chi connectivity index (χ2n) is 3.32. The first-order valence-corrected chi connectivity index (χ1v) is 5.29. The first-order chi connectivity index (χ1) is 5.15. The average molecular weight is 171 g/mol. The highest BCUT2D eigenvalue weighted by Crippen LogP contribution is 2.33. The van der Waals surface area contributed by atoms with Crippen molar-refractivity contribution in [1.29, 1.82) is 0 Å². The Morgan fingerprint density at radius 2 is 2.27 bits per heavy atom. The van der Waals surface area contributed by atoms with Gasteiger partial charge in [-0.25, -0.2) is 0 Å². The molecule has 0 saturated heterocycles. The van der Waals surface area contributed by atoms with E-state index in [2.05, 4.69) is 32.7 Å². The molecule has 0 saturated carbocycles. The van der Waals surface area contributed by atoms with Crippen LogP contribution >= 0.6 is 11.8 Å². The third-order valence-electron chi connectivity index (χ3n) is 2.39. The van der Waals surface area contributed by atoms with Gasteiger partial charge in [-0.3, -0.25) is 4.99 Å². The molecule has 0 bridgehead atoms. The molecule has 3 atom stereocenters. The molecule has 11 heavy (non-hydrogen) atoms. The Hall–Kier alpha value is 0.0200. The normalized spacial score (nSPS) is 33.6. The van der Waals surface area contributed by atoms with E-state index in [1.54, 1.807) is 0 Å². The zero-order chi connectivity index (χ0) is 8.43. The summed E-state index contributed by atoms with van der Waals surface area (Å²) in [7, 11) is 0. The van der Waals surface area contributed by atoms with Crippen molar-refractivity contribution in [2.24, 2.45) is 10.9 Å². The van der Waals surface area contributed by atoms with Gasteiger partial charge >= 0.3 is 0 Å². The Kier molecular flexibility index (Phi) is 2.99. The molecule has 2 heteroatoms. The van der Waals surface area contributed by atoms with Crippen molar-refractivity contribution >= 4 is 17.5 Å². The molecule has 0 amide bonds. The van der Waals surface area contributed by atoms with Crippen LogP contribution in [0.2, 0.25) is 0 Å². The number of thioether (sulfide) groups is 1. The van der Waals surface area contributed by atoms with Crippen molar-refractivity contribution in [2.45, 2.75) is 44.7 Å². The molecule has 0 unspecified atom stereocenters. The molecule has 0 aromatic carbocycles. The van der Waals surface area contributed by atoms with E-state index in [4.69, 9.17) is 0 Å². The fourth-order valence-corrected chi connectivity index (χ4v) is 2.47. The second-order valence-corrected chi connectivity index (χ2v) is 4.79. The topological polar surface area (TPSA) is 12.4 Å². The van der Waals surface area contributed by atoms with Crippen LogP contribution in [0.5, 0.6) is 0 Å². The van der Waals surface area contributed by atoms with Gasteiger partial charge in [-0.05, 0) is 19.8 Å². The van der Waals surface area contributed by atoms with Gasteiger partial charge in [0, 0.05) is 11.0 Å². The highest BCUT2D eigenvalue weighted by Gasteiger charge is 2.25. The van der Waals surface area contributed by atoms with Crippen LogP contribution < -0.4 is 0 Å². The molecule has 1 nitrogen and oxygen atoms in total. The van der Waals surface area contributed by atoms with Crippen molar-refractivity contribution in [3.05, 3.63) is 0 Å². The Balaban J connectivity index is 2.53. The number of aliphatic imine (C=N–C) groups is 1. The highest BCUT2D eigenvalue weighted by atomic mass is 32.2. The summed E-state index contributed by atoms with van der Waals surface area (Å²) in [6.45, 7) is 8.90. The largest absolute Gasteiger partial charge is 0.279 e. The first-order valence-electron chi connectivity index (χ1n) is 4.35. The molecule has 0 N–H and O–H groups in total. The van der Waals surface area contributed by atoms with Gasteiger partial charge in [0.15, 0.2) is 0 Å². The molecule has 1 aliphatic heterocycles. The quantitative estimate of drug-likeness (QED) is 0.622. The van der Waals surface area contributed by atoms with Gasteiger partial charge < -0.3 is 0 Å². The van der Waals surface area contributed by atoms with E-state index in [0.717, 1.165) is 5.92 Å². The van der Waals surface area contributed by atoms with Crippen LogP contribution in [-0.2, 0) is 0 Å². The Labute approximate surface area is 73.7 Å². The SMILES string of the molecule is CC[C@@H](C)[C@@H]1N=C(C)[C@@H](C)S1. The van der Waals surface area contributed by atoms with Crippen LogP contribution in [0.1, 0.15) is 34.1 Å². The maximum absolute atomic E-state index is 4.62. The first kappa shape index (κ1) is 9.11. The van der Waals surface area contributed by atoms with E-state index in [1.165, 1.54) is 12.1 Å². The number of nitrogens with zero attached hydrogens (tertiary/aromatic N) is 1. The van der Waals surface area contributed by atoms with Crippen molar-refractivity contribution in [2.75, 3.05) is 0 Å². The van der Waals surface area contributed by atoms with Gasteiger partial charge in [0.25, 0.3) is 0 Å². The minimum absolute atomic E-state index is 0.537. The molecular weight excluding hydrogens is 154 g/mol. The molecular formula is C9H17NS. The van der Waals surface area contributed by atoms with Gasteiger partial charge in [-0.1, -0.05) is 20.3 Å². The third kappa shape index (κ3) is 1.98. The molecule has 0 aliphatic carbocycles. The molecule has 1 aliphatic rings. The number of rotatable bonds is 2. The van der Waals surface area contributed by atoms with Crippen LogP contribution in [0.4, 0.5) is 0 Å². The van der Waals surface area contributed by atoms with Gasteiger partial charge in [0.1, 0.15) is 0 Å². The summed E-state index contributed by atoms with van der Waals surface area (Å²) in [6.07, 6.45) is 1.24. The van der Waals surface area contributed by atoms with Crippen molar-refractivity contribution in [1.82, 2.24) is 0 Å². The lowest BCUT2D eigenvalue weighted by molar-refractivity contribution is 0.549. The zero-order valence-electron chi connectivity index (χ0n) is 7.79. The third-order valence-corrected chi connectivity index (χ3v) is 3.99. The minimum atomic E-state index is 0.537. The van der Waals surface area contributed by atoms with Crippen molar-refractivity contribution in [3.8, 4) is 0 Å². The smallest absolute Gasteiger partial charge is 0.0982 e. The lowest BCUT2D eigenvalue weighted by Crippen LogP contribution is -2.08. The standard InChI is InChI=1S/C9H17NS/c1-5-6(2)9-10-7(3)8(4)11-9/h6,8-9H,5H2,1-4H3/t6-,8-,9-/m1/s1. The minimum Gasteiger partial charge on any atom is -0.279 e. The number of hydrogen-bond acceptors (Lipinski definition) is 2. The highest BCUT2D eigenvalue weighted by molar-refractivity contribution is 8.01. The summed E-state index contributed by atoms with van der Waals surface area (Å²) in [5.74, 6) is 0.736. The summed E-state index contributed by atoms with van der Waals surface area (Å²) < 4.78 is 0. The molecule has 0 spiro atoms. The van der Waals surface area contributed by atoms with Crippen LogP contribution in [0.25, 0.3) is 0 Å². The average Bonchev–Trinajstić information content (AvgIpc) is 2.31. The maximum atomic E-state index is 4.62. The molecule has 1 rings (SSSR count). The van der Waals surface area contributed by atoms with Gasteiger partial charge in [0.2, 0.25) is 0 Å². The predicted molar refractivity (Wildman–Crippen MR) is 53.4 cm³/mol. The predicted octanol–water partition coefficient (Wildman–Crippen LogP) is 2.95. The second kappa shape index (κ2) is 3.61. The molecule has 64 valence electrons. The van der Waals surface area contributed by atoms with Crippen LogP contribution in [0.3, 0.4) is 0 Å². The maximum Gasteiger partial charge on any atom is 0.0982 e. The molecule has 1 heterocycles. The van der Waals surface area contributed by atoms with Crippen LogP contribution in [0, 0.1) is 5.92 Å². The summed E-state index contributed by atoms with van der Waals surface area (Å²) in [6, 6.07) is 0. The van der Waals surface area contributed by atoms with Gasteiger partial charge in [0.05, 0.1) is 5.37 Å². The van der Waals surface area contributed by atoms with Gasteiger partial charge in [-0.15, -0.1) is 11.8 Å². The van der Waals surface area contributed by atoms with Crippen molar-refractivity contribution in [3.63, 3.8) is 0 Å². The number of hydrogen-bond donors (Lipinski definition) is 0. The van der Waals surface area contributed by atoms with Crippen LogP contribution in [0.15, 0.2) is 4.99 Å². The molecule has 0 aromatic rings. The van der Waals surface area contributed by atoms with Gasteiger partial charge in [-0.2, -0.15) is 0 Å². The molecule has 0 radical (unpaired) electrons. The lowest BCUT2D eigenvalue weighted by Gasteiger charge is -2.13. The Bertz CT molecular complexity index is 165. The monoisotopic (exact) mass is 171 g/mol.